The van der Waals surface area contributed by atoms with Gasteiger partial charge in [0, 0.05) is 36.0 Å². The Kier molecular flexibility index (Phi) is 3.91. The Bertz CT molecular complexity index is 694. The highest BCUT2D eigenvalue weighted by Crippen LogP contribution is 2.32. The number of fused-ring (bicyclic) bond motifs is 1. The summed E-state index contributed by atoms with van der Waals surface area (Å²) in [6.07, 6.45) is 6.24. The van der Waals surface area contributed by atoms with Crippen molar-refractivity contribution in [3.63, 3.8) is 0 Å². The lowest BCUT2D eigenvalue weighted by Gasteiger charge is -2.36. The van der Waals surface area contributed by atoms with Gasteiger partial charge in [-0.05, 0) is 31.4 Å². The van der Waals surface area contributed by atoms with E-state index in [0.29, 0.717) is 5.56 Å². The standard InChI is InChI=1S/C18H20N2O2S/c21-18(22)13-6-4-12(5-7-13)17-19-15-8-10-20(14-2-1-3-14)11-9-16(15)23-17/h4-7,14H,1-3,8-11H2,(H,21,22). The molecule has 1 aliphatic heterocycles. The van der Waals surface area contributed by atoms with E-state index in [1.165, 1.54) is 29.8 Å². The lowest BCUT2D eigenvalue weighted by molar-refractivity contribution is 0.0697. The summed E-state index contributed by atoms with van der Waals surface area (Å²) in [7, 11) is 0. The average molecular weight is 328 g/mol. The van der Waals surface area contributed by atoms with Crippen molar-refractivity contribution < 1.29 is 9.90 Å². The Hall–Kier alpha value is -1.72. The molecule has 5 heteroatoms. The summed E-state index contributed by atoms with van der Waals surface area (Å²) < 4.78 is 0. The van der Waals surface area contributed by atoms with E-state index in [4.69, 9.17) is 10.1 Å². The Morgan fingerprint density at radius 3 is 2.57 bits per heavy atom. The van der Waals surface area contributed by atoms with Gasteiger partial charge in [-0.15, -0.1) is 11.3 Å². The zero-order valence-electron chi connectivity index (χ0n) is 13.0. The van der Waals surface area contributed by atoms with Gasteiger partial charge < -0.3 is 5.11 Å². The minimum Gasteiger partial charge on any atom is -0.478 e. The van der Waals surface area contributed by atoms with E-state index in [1.54, 1.807) is 23.5 Å². The van der Waals surface area contributed by atoms with Crippen LogP contribution in [0.5, 0.6) is 0 Å². The van der Waals surface area contributed by atoms with Crippen molar-refractivity contribution in [3.8, 4) is 10.6 Å². The Morgan fingerprint density at radius 2 is 1.91 bits per heavy atom. The van der Waals surface area contributed by atoms with Gasteiger partial charge in [-0.3, -0.25) is 4.90 Å². The predicted molar refractivity (Wildman–Crippen MR) is 91.1 cm³/mol. The second-order valence-corrected chi connectivity index (χ2v) is 7.48. The normalized spacial score (nSPS) is 19.0. The van der Waals surface area contributed by atoms with Crippen LogP contribution in [-0.4, -0.2) is 40.1 Å². The van der Waals surface area contributed by atoms with Crippen molar-refractivity contribution in [2.24, 2.45) is 0 Å². The van der Waals surface area contributed by atoms with E-state index in [9.17, 15) is 4.79 Å². The van der Waals surface area contributed by atoms with Crippen LogP contribution in [0.3, 0.4) is 0 Å². The number of rotatable bonds is 3. The molecule has 0 bridgehead atoms. The number of hydrogen-bond donors (Lipinski definition) is 1. The van der Waals surface area contributed by atoms with Crippen LogP contribution in [0.4, 0.5) is 0 Å². The molecule has 0 amide bonds. The summed E-state index contributed by atoms with van der Waals surface area (Å²) >= 11 is 1.77. The number of aromatic carboxylic acids is 1. The summed E-state index contributed by atoms with van der Waals surface area (Å²) in [5.41, 5.74) is 2.58. The SMILES string of the molecule is O=C(O)c1ccc(-c2nc3c(s2)CCN(C2CCC2)CC3)cc1. The van der Waals surface area contributed by atoms with Crippen molar-refractivity contribution in [1.29, 1.82) is 0 Å². The number of carboxylic acids is 1. The lowest BCUT2D eigenvalue weighted by Crippen LogP contribution is -2.41. The monoisotopic (exact) mass is 328 g/mol. The van der Waals surface area contributed by atoms with Crippen LogP contribution < -0.4 is 0 Å². The molecule has 2 aliphatic rings. The first kappa shape index (κ1) is 14.8. The maximum atomic E-state index is 10.9. The number of carboxylic acid groups (broad SMARTS) is 1. The molecule has 0 unspecified atom stereocenters. The van der Waals surface area contributed by atoms with Crippen molar-refractivity contribution in [3.05, 3.63) is 40.4 Å². The molecule has 2 aromatic rings. The van der Waals surface area contributed by atoms with E-state index < -0.39 is 5.97 Å². The molecule has 1 fully saturated rings. The average Bonchev–Trinajstić information content (AvgIpc) is 2.82. The first-order chi connectivity index (χ1) is 11.2. The molecule has 1 N–H and O–H groups in total. The molecular formula is C18H20N2O2S. The fourth-order valence-corrected chi connectivity index (χ4v) is 4.48. The lowest BCUT2D eigenvalue weighted by atomic mass is 9.91. The summed E-state index contributed by atoms with van der Waals surface area (Å²) in [5.74, 6) is -0.887. The maximum Gasteiger partial charge on any atom is 0.335 e. The Labute approximate surface area is 139 Å². The topological polar surface area (TPSA) is 53.4 Å². The molecule has 1 aromatic carbocycles. The fourth-order valence-electron chi connectivity index (χ4n) is 3.38. The summed E-state index contributed by atoms with van der Waals surface area (Å²) in [6.45, 7) is 2.27. The highest BCUT2D eigenvalue weighted by molar-refractivity contribution is 7.15. The minimum absolute atomic E-state index is 0.322. The number of carbonyl (C=O) groups is 1. The van der Waals surface area contributed by atoms with Gasteiger partial charge in [0.15, 0.2) is 0 Å². The summed E-state index contributed by atoms with van der Waals surface area (Å²) in [6, 6.07) is 7.85. The van der Waals surface area contributed by atoms with Gasteiger partial charge in [-0.25, -0.2) is 9.78 Å². The molecule has 120 valence electrons. The van der Waals surface area contributed by atoms with Crippen molar-refractivity contribution in [2.75, 3.05) is 13.1 Å². The molecule has 23 heavy (non-hydrogen) atoms. The second kappa shape index (κ2) is 6.06. The highest BCUT2D eigenvalue weighted by Gasteiger charge is 2.27. The number of nitrogens with zero attached hydrogens (tertiary/aromatic N) is 2. The van der Waals surface area contributed by atoms with Gasteiger partial charge in [0.1, 0.15) is 5.01 Å². The first-order valence-corrected chi connectivity index (χ1v) is 9.09. The van der Waals surface area contributed by atoms with Crippen LogP contribution in [0, 0.1) is 0 Å². The van der Waals surface area contributed by atoms with E-state index in [-0.39, 0.29) is 0 Å². The van der Waals surface area contributed by atoms with Gasteiger partial charge in [0.25, 0.3) is 0 Å². The molecule has 0 saturated heterocycles. The molecule has 0 atom stereocenters. The summed E-state index contributed by atoms with van der Waals surface area (Å²) in [4.78, 5) is 19.8. The van der Waals surface area contributed by atoms with Crippen LogP contribution in [0.25, 0.3) is 10.6 Å². The molecule has 4 nitrogen and oxygen atoms in total. The molecule has 4 rings (SSSR count). The zero-order chi connectivity index (χ0) is 15.8. The third-order valence-electron chi connectivity index (χ3n) is 5.01. The van der Waals surface area contributed by atoms with Crippen molar-refractivity contribution in [2.45, 2.75) is 38.1 Å². The summed E-state index contributed by atoms with van der Waals surface area (Å²) in [5, 5.41) is 10.0. The number of benzene rings is 1. The van der Waals surface area contributed by atoms with Crippen LogP contribution in [-0.2, 0) is 12.8 Å². The van der Waals surface area contributed by atoms with Crippen LogP contribution in [0.2, 0.25) is 0 Å². The van der Waals surface area contributed by atoms with Gasteiger partial charge in [0.2, 0.25) is 0 Å². The number of hydrogen-bond acceptors (Lipinski definition) is 4. The zero-order valence-corrected chi connectivity index (χ0v) is 13.8. The number of aromatic nitrogens is 1. The quantitative estimate of drug-likeness (QED) is 0.937. The molecular weight excluding hydrogens is 308 g/mol. The Morgan fingerprint density at radius 1 is 1.17 bits per heavy atom. The van der Waals surface area contributed by atoms with E-state index in [2.05, 4.69) is 4.90 Å². The fraction of sp³-hybridized carbons (Fsp3) is 0.444. The molecule has 0 spiro atoms. The van der Waals surface area contributed by atoms with Gasteiger partial charge >= 0.3 is 5.97 Å². The van der Waals surface area contributed by atoms with E-state index in [1.807, 2.05) is 12.1 Å². The van der Waals surface area contributed by atoms with Crippen molar-refractivity contribution in [1.82, 2.24) is 9.88 Å². The largest absolute Gasteiger partial charge is 0.478 e. The first-order valence-electron chi connectivity index (χ1n) is 8.27. The minimum atomic E-state index is -0.887. The third kappa shape index (κ3) is 2.91. The molecule has 1 aromatic heterocycles. The van der Waals surface area contributed by atoms with Crippen molar-refractivity contribution >= 4 is 17.3 Å². The highest BCUT2D eigenvalue weighted by atomic mass is 32.1. The molecule has 1 saturated carbocycles. The van der Waals surface area contributed by atoms with Gasteiger partial charge in [-0.2, -0.15) is 0 Å². The van der Waals surface area contributed by atoms with Crippen LogP contribution in [0.1, 0.15) is 40.2 Å². The predicted octanol–water partition coefficient (Wildman–Crippen LogP) is 3.46. The molecule has 0 radical (unpaired) electrons. The van der Waals surface area contributed by atoms with Gasteiger partial charge in [-0.1, -0.05) is 18.6 Å². The molecule has 1 aliphatic carbocycles. The third-order valence-corrected chi connectivity index (χ3v) is 6.22. The van der Waals surface area contributed by atoms with E-state index >= 15 is 0 Å². The molecule has 2 heterocycles. The number of thiazole rings is 1. The maximum absolute atomic E-state index is 10.9. The second-order valence-electron chi connectivity index (χ2n) is 6.39. The Balaban J connectivity index is 1.52. The van der Waals surface area contributed by atoms with Crippen LogP contribution >= 0.6 is 11.3 Å². The van der Waals surface area contributed by atoms with E-state index in [0.717, 1.165) is 42.5 Å². The van der Waals surface area contributed by atoms with Crippen LogP contribution in [0.15, 0.2) is 24.3 Å². The smallest absolute Gasteiger partial charge is 0.335 e. The van der Waals surface area contributed by atoms with Gasteiger partial charge in [0.05, 0.1) is 11.3 Å².